The van der Waals surface area contributed by atoms with Crippen LogP contribution in [0, 0.1) is 0 Å². The molecule has 59 heavy (non-hydrogen) atoms. The van der Waals surface area contributed by atoms with Gasteiger partial charge in [0.2, 0.25) is 0 Å². The van der Waals surface area contributed by atoms with Gasteiger partial charge in [-0.2, -0.15) is 0 Å². The Labute approximate surface area is 360 Å². The number of carboxylic acids is 1. The molecule has 0 aromatic rings. The average Bonchev–Trinajstić information content (AvgIpc) is 3.19. The monoisotopic (exact) mass is 829 g/mol. The summed E-state index contributed by atoms with van der Waals surface area (Å²) in [5.41, 5.74) is 0. The summed E-state index contributed by atoms with van der Waals surface area (Å²) in [7, 11) is 5.94. The molecule has 1 N–H and O–H groups in total. The van der Waals surface area contributed by atoms with Crippen LogP contribution in [0.15, 0.2) is 72.9 Å². The summed E-state index contributed by atoms with van der Waals surface area (Å²) in [5.74, 6) is -2.04. The van der Waals surface area contributed by atoms with Gasteiger partial charge < -0.3 is 28.5 Å². The quantitative estimate of drug-likeness (QED) is 0.0213. The Balaban J connectivity index is 4.40. The van der Waals surface area contributed by atoms with Crippen molar-refractivity contribution in [3.8, 4) is 0 Å². The Morgan fingerprint density at radius 2 is 0.966 bits per heavy atom. The molecule has 0 bridgehead atoms. The summed E-state index contributed by atoms with van der Waals surface area (Å²) in [5, 5.41) is 9.63. The van der Waals surface area contributed by atoms with Crippen molar-refractivity contribution >= 4 is 17.9 Å². The summed E-state index contributed by atoms with van der Waals surface area (Å²) in [6.07, 6.45) is 48.2. The number of carbonyl (C=O) groups excluding carboxylic acids is 2. The topological polar surface area (TPSA) is 108 Å². The van der Waals surface area contributed by atoms with Gasteiger partial charge in [0.15, 0.2) is 6.10 Å². The molecule has 0 fully saturated rings. The lowest BCUT2D eigenvalue weighted by atomic mass is 10.1. The maximum Gasteiger partial charge on any atom is 0.361 e. The van der Waals surface area contributed by atoms with Crippen molar-refractivity contribution in [1.29, 1.82) is 0 Å². The van der Waals surface area contributed by atoms with Gasteiger partial charge in [-0.25, -0.2) is 4.79 Å². The number of carbonyl (C=O) groups is 3. The number of hydrogen-bond acceptors (Lipinski definition) is 7. The molecule has 338 valence electrons. The molecule has 9 heteroatoms. The van der Waals surface area contributed by atoms with E-state index in [1.54, 1.807) is 0 Å². The number of nitrogens with zero attached hydrogens (tertiary/aromatic N) is 1. The Hall–Kier alpha value is -3.27. The molecule has 0 rings (SSSR count). The van der Waals surface area contributed by atoms with Crippen molar-refractivity contribution in [2.75, 3.05) is 47.5 Å². The fourth-order valence-corrected chi connectivity index (χ4v) is 5.84. The third-order valence-corrected chi connectivity index (χ3v) is 9.45. The number of quaternary nitrogens is 1. The van der Waals surface area contributed by atoms with Gasteiger partial charge in [-0.15, -0.1) is 0 Å². The van der Waals surface area contributed by atoms with Gasteiger partial charge in [0, 0.05) is 12.8 Å². The molecule has 0 aliphatic heterocycles. The zero-order chi connectivity index (χ0) is 43.5. The lowest BCUT2D eigenvalue weighted by molar-refractivity contribution is -0.870. The first-order chi connectivity index (χ1) is 28.6. The van der Waals surface area contributed by atoms with Crippen molar-refractivity contribution in [3.05, 3.63) is 72.9 Å². The number of ether oxygens (including phenoxy) is 4. The van der Waals surface area contributed by atoms with Crippen LogP contribution in [0.4, 0.5) is 0 Å². The van der Waals surface area contributed by atoms with Gasteiger partial charge in [0.25, 0.3) is 6.29 Å². The molecule has 0 aromatic carbocycles. The molecule has 0 aliphatic carbocycles. The molecule has 0 heterocycles. The fourth-order valence-electron chi connectivity index (χ4n) is 5.84. The predicted molar refractivity (Wildman–Crippen MR) is 244 cm³/mol. The van der Waals surface area contributed by atoms with Crippen molar-refractivity contribution in [2.45, 2.75) is 180 Å². The Bertz CT molecular complexity index is 1200. The van der Waals surface area contributed by atoms with Crippen LogP contribution in [0.2, 0.25) is 0 Å². The molecular formula is C50H86NO8+. The molecule has 0 saturated heterocycles. The summed E-state index contributed by atoms with van der Waals surface area (Å²) < 4.78 is 22.7. The SMILES string of the molecule is CC/C=C\C/C=C\C/C=C\C/C=C\C/C=C\CCCCCCCCCC(=O)OC(COC(=O)CCCCCCC/C=C\CCCC)COC(OCC[N+](C)(C)C)C(=O)O. The van der Waals surface area contributed by atoms with E-state index < -0.39 is 24.3 Å². The standard InChI is InChI=1S/C50H85NO8/c1-6-8-10-12-14-16-18-19-20-21-22-23-24-25-26-27-28-29-31-33-35-37-39-41-48(53)59-46(45-58-50(49(54)55)56-43-42-51(3,4)5)44-57-47(52)40-38-36-34-32-30-17-15-13-11-9-7-2/h8,10,13-16,19-20,22-23,25-26,46,50H,6-7,9,11-12,17-18,21,24,27-45H2,1-5H3/p+1/b10-8-,15-13-,16-14-,20-19-,23-22-,26-25-. The van der Waals surface area contributed by atoms with Crippen LogP contribution in [0.3, 0.4) is 0 Å². The molecule has 0 aromatic heterocycles. The number of carboxylic acid groups (broad SMARTS) is 1. The van der Waals surface area contributed by atoms with Crippen LogP contribution in [0.5, 0.6) is 0 Å². The smallest absolute Gasteiger partial charge is 0.361 e. The number of aliphatic carboxylic acids is 1. The van der Waals surface area contributed by atoms with Gasteiger partial charge in [-0.3, -0.25) is 9.59 Å². The molecule has 2 atom stereocenters. The number of allylic oxidation sites excluding steroid dienone is 12. The lowest BCUT2D eigenvalue weighted by Crippen LogP contribution is -2.40. The van der Waals surface area contributed by atoms with Gasteiger partial charge in [0.05, 0.1) is 34.4 Å². The summed E-state index contributed by atoms with van der Waals surface area (Å²) in [6, 6.07) is 0. The summed E-state index contributed by atoms with van der Waals surface area (Å²) in [4.78, 5) is 37.1. The third kappa shape index (κ3) is 42.7. The number of unbranched alkanes of at least 4 members (excludes halogenated alkanes) is 14. The van der Waals surface area contributed by atoms with Crippen LogP contribution in [0.1, 0.15) is 168 Å². The highest BCUT2D eigenvalue weighted by molar-refractivity contribution is 5.71. The van der Waals surface area contributed by atoms with E-state index in [0.717, 1.165) is 103 Å². The van der Waals surface area contributed by atoms with E-state index in [1.165, 1.54) is 32.1 Å². The second-order valence-corrected chi connectivity index (χ2v) is 16.3. The predicted octanol–water partition coefficient (Wildman–Crippen LogP) is 12.3. The van der Waals surface area contributed by atoms with E-state index in [0.29, 0.717) is 17.4 Å². The minimum atomic E-state index is -1.52. The first kappa shape index (κ1) is 55.7. The highest BCUT2D eigenvalue weighted by Crippen LogP contribution is 2.13. The van der Waals surface area contributed by atoms with E-state index in [2.05, 4.69) is 86.8 Å². The van der Waals surface area contributed by atoms with E-state index in [4.69, 9.17) is 18.9 Å². The molecule has 0 radical (unpaired) electrons. The minimum absolute atomic E-state index is 0.180. The van der Waals surface area contributed by atoms with Crippen LogP contribution in [-0.4, -0.2) is 87.4 Å². The minimum Gasteiger partial charge on any atom is -0.477 e. The Morgan fingerprint density at radius 1 is 0.525 bits per heavy atom. The van der Waals surface area contributed by atoms with E-state index in [1.807, 2.05) is 21.1 Å². The molecular weight excluding hydrogens is 743 g/mol. The summed E-state index contributed by atoms with van der Waals surface area (Å²) in [6.45, 7) is 4.67. The first-order valence-corrected chi connectivity index (χ1v) is 23.1. The van der Waals surface area contributed by atoms with E-state index in [-0.39, 0.29) is 38.6 Å². The van der Waals surface area contributed by atoms with Crippen LogP contribution in [-0.2, 0) is 33.3 Å². The molecule has 0 spiro atoms. The van der Waals surface area contributed by atoms with Gasteiger partial charge >= 0.3 is 17.9 Å². The average molecular weight is 829 g/mol. The van der Waals surface area contributed by atoms with Crippen LogP contribution < -0.4 is 0 Å². The fraction of sp³-hybridized carbons (Fsp3) is 0.700. The molecule has 0 saturated carbocycles. The Morgan fingerprint density at radius 3 is 1.46 bits per heavy atom. The third-order valence-electron chi connectivity index (χ3n) is 9.45. The molecule has 0 aliphatic rings. The zero-order valence-corrected chi connectivity index (χ0v) is 38.1. The van der Waals surface area contributed by atoms with Crippen molar-refractivity contribution < 1.29 is 42.9 Å². The number of likely N-dealkylation sites (N-methyl/N-ethyl adjacent to an activating group) is 1. The molecule has 0 amide bonds. The first-order valence-electron chi connectivity index (χ1n) is 23.1. The largest absolute Gasteiger partial charge is 0.477 e. The maximum absolute atomic E-state index is 12.8. The number of rotatable bonds is 41. The van der Waals surface area contributed by atoms with Crippen LogP contribution >= 0.6 is 0 Å². The van der Waals surface area contributed by atoms with Gasteiger partial charge in [-0.05, 0) is 77.0 Å². The van der Waals surface area contributed by atoms with E-state index >= 15 is 0 Å². The Kier molecular flexibility index (Phi) is 39.2. The summed E-state index contributed by atoms with van der Waals surface area (Å²) >= 11 is 0. The molecule has 9 nitrogen and oxygen atoms in total. The lowest BCUT2D eigenvalue weighted by Gasteiger charge is -2.25. The zero-order valence-electron chi connectivity index (χ0n) is 38.1. The highest BCUT2D eigenvalue weighted by atomic mass is 16.7. The van der Waals surface area contributed by atoms with Crippen molar-refractivity contribution in [3.63, 3.8) is 0 Å². The number of hydrogen-bond donors (Lipinski definition) is 1. The van der Waals surface area contributed by atoms with Crippen LogP contribution in [0.25, 0.3) is 0 Å². The normalized spacial score (nSPS) is 13.6. The molecule has 2 unspecified atom stereocenters. The van der Waals surface area contributed by atoms with Gasteiger partial charge in [-0.1, -0.05) is 151 Å². The highest BCUT2D eigenvalue weighted by Gasteiger charge is 2.25. The maximum atomic E-state index is 12.8. The van der Waals surface area contributed by atoms with E-state index in [9.17, 15) is 19.5 Å². The second-order valence-electron chi connectivity index (χ2n) is 16.3. The number of esters is 2. The van der Waals surface area contributed by atoms with Gasteiger partial charge in [0.1, 0.15) is 13.2 Å². The van der Waals surface area contributed by atoms with Crippen molar-refractivity contribution in [2.24, 2.45) is 0 Å². The van der Waals surface area contributed by atoms with Crippen molar-refractivity contribution in [1.82, 2.24) is 0 Å². The second kappa shape index (κ2) is 41.5.